The molecule has 0 radical (unpaired) electrons. The number of H-pyrrole nitrogens is 1. The molecular formula is C14H18N4O. The van der Waals surface area contributed by atoms with Gasteiger partial charge in [0, 0.05) is 36.4 Å². The van der Waals surface area contributed by atoms with Crippen LogP contribution in [0.3, 0.4) is 0 Å². The van der Waals surface area contributed by atoms with Crippen molar-refractivity contribution in [3.63, 3.8) is 0 Å². The molecule has 5 heteroatoms. The lowest BCUT2D eigenvalue weighted by atomic mass is 10.2. The third-order valence-electron chi connectivity index (χ3n) is 3.21. The Morgan fingerprint density at radius 3 is 2.58 bits per heavy atom. The van der Waals surface area contributed by atoms with Gasteiger partial charge in [-0.2, -0.15) is 0 Å². The van der Waals surface area contributed by atoms with Crippen LogP contribution in [0.1, 0.15) is 5.69 Å². The molecule has 1 aliphatic heterocycles. The second-order valence-electron chi connectivity index (χ2n) is 4.69. The number of nitrogens with zero attached hydrogens (tertiary/aromatic N) is 2. The lowest BCUT2D eigenvalue weighted by Gasteiger charge is -2.28. The number of rotatable bonds is 3. The van der Waals surface area contributed by atoms with Crippen LogP contribution in [0.25, 0.3) is 0 Å². The Kier molecular flexibility index (Phi) is 3.37. The molecule has 1 saturated heterocycles. The molecule has 5 nitrogen and oxygen atoms in total. The molecule has 0 amide bonds. The largest absolute Gasteiger partial charge is 0.378 e. The van der Waals surface area contributed by atoms with E-state index >= 15 is 0 Å². The Balaban J connectivity index is 1.68. The summed E-state index contributed by atoms with van der Waals surface area (Å²) in [6.07, 6.45) is 1.81. The zero-order valence-electron chi connectivity index (χ0n) is 11.0. The summed E-state index contributed by atoms with van der Waals surface area (Å²) in [6.45, 7) is 5.53. The summed E-state index contributed by atoms with van der Waals surface area (Å²) >= 11 is 0. The van der Waals surface area contributed by atoms with Crippen molar-refractivity contribution < 1.29 is 4.74 Å². The third kappa shape index (κ3) is 2.88. The van der Waals surface area contributed by atoms with Gasteiger partial charge in [-0.25, -0.2) is 4.98 Å². The first-order valence-electron chi connectivity index (χ1n) is 6.53. The smallest absolute Gasteiger partial charge is 0.204 e. The van der Waals surface area contributed by atoms with Crippen molar-refractivity contribution in [1.29, 1.82) is 0 Å². The van der Waals surface area contributed by atoms with Gasteiger partial charge in [-0.1, -0.05) is 0 Å². The standard InChI is InChI=1S/C14H18N4O/c1-11-10-15-14(16-11)17-12-2-4-13(5-3-12)18-6-8-19-9-7-18/h2-5,10H,6-9H2,1H3,(H2,15,16,17). The van der Waals surface area contributed by atoms with Gasteiger partial charge in [0.25, 0.3) is 0 Å². The van der Waals surface area contributed by atoms with E-state index in [1.165, 1.54) is 5.69 Å². The Labute approximate surface area is 112 Å². The van der Waals surface area contributed by atoms with Crippen molar-refractivity contribution in [2.24, 2.45) is 0 Å². The van der Waals surface area contributed by atoms with E-state index < -0.39 is 0 Å². The second kappa shape index (κ2) is 5.32. The predicted octanol–water partition coefficient (Wildman–Crippen LogP) is 2.30. The molecule has 3 rings (SSSR count). The van der Waals surface area contributed by atoms with E-state index in [2.05, 4.69) is 44.5 Å². The molecule has 1 aliphatic rings. The molecule has 2 N–H and O–H groups in total. The number of imidazole rings is 1. The molecule has 2 aromatic rings. The van der Waals surface area contributed by atoms with Crippen LogP contribution in [-0.2, 0) is 4.74 Å². The number of hydrogen-bond donors (Lipinski definition) is 2. The minimum Gasteiger partial charge on any atom is -0.378 e. The van der Waals surface area contributed by atoms with E-state index in [4.69, 9.17) is 4.74 Å². The molecule has 1 aromatic carbocycles. The van der Waals surface area contributed by atoms with Crippen molar-refractivity contribution in [3.05, 3.63) is 36.2 Å². The van der Waals surface area contributed by atoms with E-state index in [0.29, 0.717) is 0 Å². The highest BCUT2D eigenvalue weighted by Gasteiger charge is 2.10. The zero-order valence-corrected chi connectivity index (χ0v) is 11.0. The van der Waals surface area contributed by atoms with E-state index in [-0.39, 0.29) is 0 Å². The fraction of sp³-hybridized carbons (Fsp3) is 0.357. The summed E-state index contributed by atoms with van der Waals surface area (Å²) in [7, 11) is 0. The molecule has 0 saturated carbocycles. The SMILES string of the molecule is Cc1cnc(Nc2ccc(N3CCOCC3)cc2)[nH]1. The first-order chi connectivity index (χ1) is 9.31. The van der Waals surface area contributed by atoms with Gasteiger partial charge in [-0.15, -0.1) is 0 Å². The van der Waals surface area contributed by atoms with Crippen LogP contribution in [0.2, 0.25) is 0 Å². The molecule has 19 heavy (non-hydrogen) atoms. The average molecular weight is 258 g/mol. The summed E-state index contributed by atoms with van der Waals surface area (Å²) in [5.74, 6) is 0.775. The average Bonchev–Trinajstić information content (AvgIpc) is 2.86. The van der Waals surface area contributed by atoms with Crippen molar-refractivity contribution >= 4 is 17.3 Å². The number of nitrogens with one attached hydrogen (secondary N) is 2. The van der Waals surface area contributed by atoms with Crippen molar-refractivity contribution in [1.82, 2.24) is 9.97 Å². The number of ether oxygens (including phenoxy) is 1. The van der Waals surface area contributed by atoms with Crippen molar-refractivity contribution in [2.75, 3.05) is 36.5 Å². The highest BCUT2D eigenvalue weighted by atomic mass is 16.5. The maximum Gasteiger partial charge on any atom is 0.204 e. The monoisotopic (exact) mass is 258 g/mol. The number of aromatic nitrogens is 2. The van der Waals surface area contributed by atoms with Gasteiger partial charge in [0.1, 0.15) is 0 Å². The van der Waals surface area contributed by atoms with E-state index in [0.717, 1.165) is 43.6 Å². The van der Waals surface area contributed by atoms with Crippen LogP contribution >= 0.6 is 0 Å². The summed E-state index contributed by atoms with van der Waals surface area (Å²) in [4.78, 5) is 9.72. The van der Waals surface area contributed by atoms with Crippen molar-refractivity contribution in [3.8, 4) is 0 Å². The Morgan fingerprint density at radius 1 is 1.21 bits per heavy atom. The van der Waals surface area contributed by atoms with Gasteiger partial charge < -0.3 is 19.9 Å². The number of aromatic amines is 1. The minimum atomic E-state index is 0.775. The summed E-state index contributed by atoms with van der Waals surface area (Å²) in [5.41, 5.74) is 3.32. The van der Waals surface area contributed by atoms with E-state index in [1.54, 1.807) is 0 Å². The molecule has 1 fully saturated rings. The Bertz CT molecular complexity index is 529. The van der Waals surface area contributed by atoms with Crippen LogP contribution in [0.15, 0.2) is 30.5 Å². The highest BCUT2D eigenvalue weighted by molar-refractivity contribution is 5.59. The van der Waals surface area contributed by atoms with Gasteiger partial charge in [0.2, 0.25) is 5.95 Å². The molecule has 0 spiro atoms. The van der Waals surface area contributed by atoms with Gasteiger partial charge in [-0.3, -0.25) is 0 Å². The molecule has 0 atom stereocenters. The lowest BCUT2D eigenvalue weighted by Crippen LogP contribution is -2.36. The number of anilines is 3. The summed E-state index contributed by atoms with van der Waals surface area (Å²) in [6, 6.07) is 8.40. The third-order valence-corrected chi connectivity index (χ3v) is 3.21. The van der Waals surface area contributed by atoms with Crippen molar-refractivity contribution in [2.45, 2.75) is 6.92 Å². The molecule has 2 heterocycles. The maximum absolute atomic E-state index is 5.36. The zero-order chi connectivity index (χ0) is 13.1. The van der Waals surface area contributed by atoms with E-state index in [1.807, 2.05) is 13.1 Å². The maximum atomic E-state index is 5.36. The fourth-order valence-electron chi connectivity index (χ4n) is 2.19. The molecule has 100 valence electrons. The normalized spacial score (nSPS) is 15.5. The molecule has 0 unspecified atom stereocenters. The van der Waals surface area contributed by atoms with Gasteiger partial charge >= 0.3 is 0 Å². The predicted molar refractivity (Wildman–Crippen MR) is 76.1 cm³/mol. The molecule has 1 aromatic heterocycles. The number of aryl methyl sites for hydroxylation is 1. The summed E-state index contributed by atoms with van der Waals surface area (Å²) in [5, 5.41) is 3.24. The van der Waals surface area contributed by atoms with Crippen LogP contribution in [0.5, 0.6) is 0 Å². The molecular weight excluding hydrogens is 240 g/mol. The number of morpholine rings is 1. The lowest BCUT2D eigenvalue weighted by molar-refractivity contribution is 0.122. The number of benzene rings is 1. The van der Waals surface area contributed by atoms with Gasteiger partial charge in [-0.05, 0) is 31.2 Å². The first kappa shape index (κ1) is 12.0. The van der Waals surface area contributed by atoms with Crippen LogP contribution < -0.4 is 10.2 Å². The minimum absolute atomic E-state index is 0.775. The van der Waals surface area contributed by atoms with Gasteiger partial charge in [0.15, 0.2) is 0 Å². The molecule has 0 aliphatic carbocycles. The second-order valence-corrected chi connectivity index (χ2v) is 4.69. The fourth-order valence-corrected chi connectivity index (χ4v) is 2.19. The van der Waals surface area contributed by atoms with Crippen LogP contribution in [0.4, 0.5) is 17.3 Å². The van der Waals surface area contributed by atoms with Crippen LogP contribution in [0, 0.1) is 6.92 Å². The highest BCUT2D eigenvalue weighted by Crippen LogP contribution is 2.20. The topological polar surface area (TPSA) is 53.2 Å². The number of hydrogen-bond acceptors (Lipinski definition) is 4. The quantitative estimate of drug-likeness (QED) is 0.887. The summed E-state index contributed by atoms with van der Waals surface area (Å²) < 4.78 is 5.36. The first-order valence-corrected chi connectivity index (χ1v) is 6.53. The van der Waals surface area contributed by atoms with E-state index in [9.17, 15) is 0 Å². The van der Waals surface area contributed by atoms with Gasteiger partial charge in [0.05, 0.1) is 13.2 Å². The van der Waals surface area contributed by atoms with Crippen LogP contribution in [-0.4, -0.2) is 36.3 Å². The Morgan fingerprint density at radius 2 is 1.95 bits per heavy atom. The molecule has 0 bridgehead atoms. The Hall–Kier alpha value is -2.01.